The highest BCUT2D eigenvalue weighted by Gasteiger charge is 2.17. The van der Waals surface area contributed by atoms with Crippen LogP contribution in [0.2, 0.25) is 0 Å². The highest BCUT2D eigenvalue weighted by Crippen LogP contribution is 2.11. The Balaban J connectivity index is 1.76. The lowest BCUT2D eigenvalue weighted by Crippen LogP contribution is -2.31. The number of aromatic nitrogens is 3. The molecule has 5 heteroatoms. The van der Waals surface area contributed by atoms with Gasteiger partial charge < -0.3 is 9.88 Å². The van der Waals surface area contributed by atoms with Gasteiger partial charge in [0.05, 0.1) is 6.54 Å². The van der Waals surface area contributed by atoms with Crippen LogP contribution in [0.5, 0.6) is 0 Å². The van der Waals surface area contributed by atoms with E-state index in [9.17, 15) is 0 Å². The van der Waals surface area contributed by atoms with E-state index in [1.807, 2.05) is 18.3 Å². The third-order valence-electron chi connectivity index (χ3n) is 3.32. The molecule has 0 aliphatic carbocycles. The zero-order valence-corrected chi connectivity index (χ0v) is 11.0. The first-order valence-electron chi connectivity index (χ1n) is 6.60. The second-order valence-electron chi connectivity index (χ2n) is 4.52. The molecular weight excluding hydrogens is 238 g/mol. The quantitative estimate of drug-likeness (QED) is 0.901. The molecule has 19 heavy (non-hydrogen) atoms. The van der Waals surface area contributed by atoms with Gasteiger partial charge in [0.1, 0.15) is 0 Å². The summed E-state index contributed by atoms with van der Waals surface area (Å²) in [5.41, 5.74) is 2.46. The number of rotatable bonds is 3. The normalized spacial score (nSPS) is 13.8. The number of hydrogen-bond donors (Lipinski definition) is 1. The number of nitrogens with zero attached hydrogens (tertiary/aromatic N) is 4. The van der Waals surface area contributed by atoms with Gasteiger partial charge in [0.15, 0.2) is 11.7 Å². The van der Waals surface area contributed by atoms with Crippen LogP contribution in [-0.2, 0) is 19.5 Å². The molecule has 0 aromatic carbocycles. The fourth-order valence-corrected chi connectivity index (χ4v) is 2.29. The van der Waals surface area contributed by atoms with E-state index in [-0.39, 0.29) is 0 Å². The van der Waals surface area contributed by atoms with Crippen molar-refractivity contribution in [1.29, 1.82) is 0 Å². The van der Waals surface area contributed by atoms with E-state index >= 15 is 0 Å². The maximum Gasteiger partial charge on any atom is 0.175 e. The van der Waals surface area contributed by atoms with Gasteiger partial charge in [-0.15, -0.1) is 0 Å². The van der Waals surface area contributed by atoms with Crippen LogP contribution in [0.1, 0.15) is 24.0 Å². The molecule has 2 aromatic heterocycles. The van der Waals surface area contributed by atoms with Crippen LogP contribution >= 0.6 is 0 Å². The van der Waals surface area contributed by atoms with Gasteiger partial charge >= 0.3 is 0 Å². The van der Waals surface area contributed by atoms with Crippen molar-refractivity contribution in [3.8, 4) is 0 Å². The molecule has 0 amide bonds. The van der Waals surface area contributed by atoms with Crippen molar-refractivity contribution >= 4 is 5.84 Å². The number of hydrogen-bond acceptors (Lipinski definition) is 4. The summed E-state index contributed by atoms with van der Waals surface area (Å²) < 4.78 is 2.25. The van der Waals surface area contributed by atoms with Crippen molar-refractivity contribution in [1.82, 2.24) is 19.9 Å². The maximum absolute atomic E-state index is 4.54. The number of nitrogens with one attached hydrogen (secondary N) is 1. The minimum absolute atomic E-state index is 0.746. The molecule has 0 radical (unpaired) electrons. The van der Waals surface area contributed by atoms with E-state index in [0.29, 0.717) is 0 Å². The summed E-state index contributed by atoms with van der Waals surface area (Å²) in [6, 6.07) is 4.00. The highest BCUT2D eigenvalue weighted by molar-refractivity contribution is 5.96. The molecule has 1 aliphatic rings. The molecule has 0 unspecified atom stereocenters. The van der Waals surface area contributed by atoms with E-state index in [1.54, 1.807) is 12.4 Å². The first-order chi connectivity index (χ1) is 9.38. The predicted octanol–water partition coefficient (Wildman–Crippen LogP) is 1.39. The van der Waals surface area contributed by atoms with E-state index in [1.165, 1.54) is 11.3 Å². The lowest BCUT2D eigenvalue weighted by molar-refractivity contribution is 0.642. The molecule has 5 nitrogen and oxygen atoms in total. The predicted molar refractivity (Wildman–Crippen MR) is 74.1 cm³/mol. The Bertz CT molecular complexity index is 585. The fourth-order valence-electron chi connectivity index (χ4n) is 2.29. The molecule has 3 rings (SSSR count). The van der Waals surface area contributed by atoms with Crippen LogP contribution in [0.4, 0.5) is 0 Å². The Morgan fingerprint density at radius 3 is 2.95 bits per heavy atom. The average molecular weight is 255 g/mol. The number of fused-ring (bicyclic) bond motifs is 1. The minimum Gasteiger partial charge on any atom is -0.363 e. The Hall–Kier alpha value is -2.17. The standard InChI is InChI=1S/C14H17N5/c1-2-12-10-18-14-13(16-7-8-19(12)14)17-9-11-3-5-15-6-4-11/h3-6,10H,2,7-9H2,1H3,(H,16,17). The van der Waals surface area contributed by atoms with Gasteiger partial charge in [-0.25, -0.2) is 4.98 Å². The van der Waals surface area contributed by atoms with Gasteiger partial charge in [-0.1, -0.05) is 6.92 Å². The molecule has 0 bridgehead atoms. The van der Waals surface area contributed by atoms with Crippen molar-refractivity contribution < 1.29 is 0 Å². The van der Waals surface area contributed by atoms with E-state index in [2.05, 4.69) is 31.8 Å². The molecule has 98 valence electrons. The molecular formula is C14H17N5. The summed E-state index contributed by atoms with van der Waals surface area (Å²) in [5.74, 6) is 1.85. The third kappa shape index (κ3) is 2.36. The maximum atomic E-state index is 4.54. The van der Waals surface area contributed by atoms with E-state index in [4.69, 9.17) is 0 Å². The zero-order valence-electron chi connectivity index (χ0n) is 11.0. The van der Waals surface area contributed by atoms with Gasteiger partial charge in [-0.3, -0.25) is 9.98 Å². The van der Waals surface area contributed by atoms with Crippen LogP contribution in [0.3, 0.4) is 0 Å². The van der Waals surface area contributed by atoms with Gasteiger partial charge in [0, 0.05) is 37.4 Å². The molecule has 3 heterocycles. The SMILES string of the molecule is CCc1cnc2n1CCN=C2NCc1ccncc1. The largest absolute Gasteiger partial charge is 0.363 e. The van der Waals surface area contributed by atoms with Gasteiger partial charge in [-0.2, -0.15) is 0 Å². The van der Waals surface area contributed by atoms with E-state index in [0.717, 1.165) is 37.7 Å². The van der Waals surface area contributed by atoms with Crippen molar-refractivity contribution in [3.05, 3.63) is 47.8 Å². The number of pyridine rings is 1. The lowest BCUT2D eigenvalue weighted by Gasteiger charge is -2.17. The lowest BCUT2D eigenvalue weighted by atomic mass is 10.2. The summed E-state index contributed by atoms with van der Waals surface area (Å²) in [6.07, 6.45) is 6.56. The van der Waals surface area contributed by atoms with Crippen molar-refractivity contribution in [2.24, 2.45) is 4.99 Å². The fraction of sp³-hybridized carbons (Fsp3) is 0.357. The summed E-state index contributed by atoms with van der Waals surface area (Å²) in [6.45, 7) is 4.64. The van der Waals surface area contributed by atoms with Gasteiger partial charge in [0.2, 0.25) is 0 Å². The highest BCUT2D eigenvalue weighted by atomic mass is 15.2. The first kappa shape index (κ1) is 11.9. The number of aliphatic imine (C=N–C) groups is 1. The van der Waals surface area contributed by atoms with Gasteiger partial charge in [-0.05, 0) is 24.1 Å². The number of imidazole rings is 1. The smallest absolute Gasteiger partial charge is 0.175 e. The number of amidine groups is 1. The molecule has 0 fully saturated rings. The molecule has 1 N–H and O–H groups in total. The van der Waals surface area contributed by atoms with Crippen molar-refractivity contribution in [2.45, 2.75) is 26.4 Å². The second-order valence-corrected chi connectivity index (χ2v) is 4.52. The molecule has 1 aliphatic heterocycles. The molecule has 2 aromatic rings. The molecule has 0 spiro atoms. The molecule has 0 saturated heterocycles. The van der Waals surface area contributed by atoms with E-state index < -0.39 is 0 Å². The topological polar surface area (TPSA) is 55.1 Å². The van der Waals surface area contributed by atoms with Crippen LogP contribution < -0.4 is 5.32 Å². The monoisotopic (exact) mass is 255 g/mol. The average Bonchev–Trinajstić information content (AvgIpc) is 2.90. The Morgan fingerprint density at radius 1 is 1.32 bits per heavy atom. The number of aryl methyl sites for hydroxylation is 1. The second kappa shape index (κ2) is 5.22. The summed E-state index contributed by atoms with van der Waals surface area (Å²) in [7, 11) is 0. The third-order valence-corrected chi connectivity index (χ3v) is 3.32. The summed E-state index contributed by atoms with van der Waals surface area (Å²) >= 11 is 0. The Morgan fingerprint density at radius 2 is 2.16 bits per heavy atom. The van der Waals surface area contributed by atoms with Crippen LogP contribution in [0, 0.1) is 0 Å². The van der Waals surface area contributed by atoms with Crippen LogP contribution in [-0.4, -0.2) is 26.9 Å². The Labute approximate surface area is 112 Å². The summed E-state index contributed by atoms with van der Waals surface area (Å²) in [5, 5.41) is 3.37. The van der Waals surface area contributed by atoms with Crippen molar-refractivity contribution in [2.75, 3.05) is 6.54 Å². The summed E-state index contributed by atoms with van der Waals surface area (Å²) in [4.78, 5) is 13.0. The first-order valence-corrected chi connectivity index (χ1v) is 6.60. The van der Waals surface area contributed by atoms with Crippen LogP contribution in [0.25, 0.3) is 0 Å². The zero-order chi connectivity index (χ0) is 13.1. The van der Waals surface area contributed by atoms with Gasteiger partial charge in [0.25, 0.3) is 0 Å². The molecule has 0 saturated carbocycles. The molecule has 0 atom stereocenters. The minimum atomic E-state index is 0.746. The Kier molecular flexibility index (Phi) is 3.27. The van der Waals surface area contributed by atoms with Crippen molar-refractivity contribution in [3.63, 3.8) is 0 Å². The van der Waals surface area contributed by atoms with Crippen LogP contribution in [0.15, 0.2) is 35.7 Å².